The average molecular weight is 281 g/mol. The van der Waals surface area contributed by atoms with Gasteiger partial charge in [0, 0.05) is 6.54 Å². The summed E-state index contributed by atoms with van der Waals surface area (Å²) in [5, 5.41) is 2.63. The summed E-state index contributed by atoms with van der Waals surface area (Å²) in [5.74, 6) is -0.403. The van der Waals surface area contributed by atoms with E-state index in [0.717, 1.165) is 13.0 Å². The van der Waals surface area contributed by atoms with Crippen LogP contribution in [0.3, 0.4) is 0 Å². The van der Waals surface area contributed by atoms with Gasteiger partial charge in [0.1, 0.15) is 0 Å². The van der Waals surface area contributed by atoms with E-state index in [1.165, 1.54) is 83.5 Å². The molecule has 0 atom stereocenters. The molecule has 0 aromatic heterocycles. The maximum atomic E-state index is 10.4. The van der Waals surface area contributed by atoms with Crippen molar-refractivity contribution in [3.8, 4) is 0 Å². The maximum Gasteiger partial charge on any atom is 0.224 e. The van der Waals surface area contributed by atoms with Crippen molar-refractivity contribution < 1.29 is 4.79 Å². The fraction of sp³-hybridized carbons (Fsp3) is 0.889. The van der Waals surface area contributed by atoms with E-state index >= 15 is 0 Å². The first kappa shape index (κ1) is 19.5. The summed E-state index contributed by atoms with van der Waals surface area (Å²) in [4.78, 5) is 10.4. The predicted octanol–water partition coefficient (Wildman–Crippen LogP) is 5.29. The minimum atomic E-state index is -0.403. The van der Waals surface area contributed by atoms with Crippen molar-refractivity contribution in [2.24, 2.45) is 0 Å². The molecule has 0 aliphatic carbocycles. The highest BCUT2D eigenvalue weighted by atomic mass is 16.1. The van der Waals surface area contributed by atoms with Gasteiger partial charge in [-0.15, -0.1) is 0 Å². The van der Waals surface area contributed by atoms with Gasteiger partial charge in [-0.05, 0) is 6.42 Å². The summed E-state index contributed by atoms with van der Waals surface area (Å²) >= 11 is 0. The van der Waals surface area contributed by atoms with Gasteiger partial charge < -0.3 is 5.32 Å². The van der Waals surface area contributed by atoms with Gasteiger partial charge in [0.25, 0.3) is 0 Å². The van der Waals surface area contributed by atoms with Crippen LogP contribution in [0.15, 0.2) is 0 Å². The molecule has 0 heterocycles. The number of amides is 1. The summed E-state index contributed by atoms with van der Waals surface area (Å²) in [6.07, 6.45) is 19.0. The lowest BCUT2D eigenvalue weighted by molar-refractivity contribution is -0.116. The fourth-order valence-electron chi connectivity index (χ4n) is 2.53. The Balaban J connectivity index is 2.94. The molecule has 0 aliphatic rings. The molecular weight excluding hydrogens is 246 g/mol. The molecule has 1 amide bonds. The zero-order valence-corrected chi connectivity index (χ0v) is 13.6. The molecule has 0 aromatic carbocycles. The summed E-state index contributed by atoms with van der Waals surface area (Å²) in [6.45, 7) is 8.00. The van der Waals surface area contributed by atoms with E-state index in [1.54, 1.807) is 0 Å². The highest BCUT2D eigenvalue weighted by Gasteiger charge is 1.94. The van der Waals surface area contributed by atoms with Crippen LogP contribution in [0.4, 0.5) is 0 Å². The van der Waals surface area contributed by atoms with E-state index in [-0.39, 0.29) is 0 Å². The van der Waals surface area contributed by atoms with Gasteiger partial charge in [0.2, 0.25) is 5.91 Å². The van der Waals surface area contributed by atoms with Crippen molar-refractivity contribution in [3.63, 3.8) is 0 Å². The molecule has 20 heavy (non-hydrogen) atoms. The second-order valence-corrected chi connectivity index (χ2v) is 5.89. The van der Waals surface area contributed by atoms with Crippen molar-refractivity contribution in [2.45, 2.75) is 96.8 Å². The van der Waals surface area contributed by atoms with Crippen molar-refractivity contribution in [2.75, 3.05) is 6.54 Å². The lowest BCUT2D eigenvalue weighted by Gasteiger charge is -2.03. The van der Waals surface area contributed by atoms with Crippen LogP contribution in [0.1, 0.15) is 96.8 Å². The molecule has 1 N–H and O–H groups in total. The van der Waals surface area contributed by atoms with E-state index in [1.807, 2.05) is 0 Å². The number of hydrogen-bond donors (Lipinski definition) is 1. The predicted molar refractivity (Wildman–Crippen MR) is 87.6 cm³/mol. The van der Waals surface area contributed by atoms with Gasteiger partial charge >= 0.3 is 0 Å². The first-order chi connectivity index (χ1) is 9.77. The van der Waals surface area contributed by atoms with Crippen LogP contribution in [0.5, 0.6) is 0 Å². The lowest BCUT2D eigenvalue weighted by atomic mass is 10.0. The monoisotopic (exact) mass is 281 g/mol. The highest BCUT2D eigenvalue weighted by molar-refractivity contribution is 5.79. The molecular formula is C18H35NO. The van der Waals surface area contributed by atoms with Crippen LogP contribution in [-0.2, 0) is 4.79 Å². The third-order valence-electron chi connectivity index (χ3n) is 3.83. The van der Waals surface area contributed by atoms with E-state index < -0.39 is 5.91 Å². The molecule has 2 nitrogen and oxygen atoms in total. The molecule has 2 heteroatoms. The van der Waals surface area contributed by atoms with Gasteiger partial charge in [-0.3, -0.25) is 4.79 Å². The Kier molecular flexibility index (Phi) is 16.1. The number of hydrogen-bond acceptors (Lipinski definition) is 1. The maximum absolute atomic E-state index is 10.4. The van der Waals surface area contributed by atoms with Gasteiger partial charge in [0.05, 0.1) is 6.92 Å². The zero-order valence-electron chi connectivity index (χ0n) is 13.6. The number of nitrogens with one attached hydrogen (secondary N) is 1. The quantitative estimate of drug-likeness (QED) is 0.406. The summed E-state index contributed by atoms with van der Waals surface area (Å²) in [6, 6.07) is 0. The molecule has 0 fully saturated rings. The summed E-state index contributed by atoms with van der Waals surface area (Å²) in [5.41, 5.74) is 0. The highest BCUT2D eigenvalue weighted by Crippen LogP contribution is 2.12. The smallest absolute Gasteiger partial charge is 0.224 e. The molecule has 2 radical (unpaired) electrons. The minimum absolute atomic E-state index is 0.403. The van der Waals surface area contributed by atoms with Crippen LogP contribution in [-0.4, -0.2) is 12.5 Å². The molecule has 0 rings (SSSR count). The van der Waals surface area contributed by atoms with E-state index in [2.05, 4.69) is 12.2 Å². The van der Waals surface area contributed by atoms with E-state index in [0.29, 0.717) is 0 Å². The van der Waals surface area contributed by atoms with Crippen LogP contribution in [0.25, 0.3) is 0 Å². The summed E-state index contributed by atoms with van der Waals surface area (Å²) < 4.78 is 0. The van der Waals surface area contributed by atoms with Gasteiger partial charge in [0.15, 0.2) is 0 Å². The van der Waals surface area contributed by atoms with Crippen molar-refractivity contribution in [3.05, 3.63) is 6.92 Å². The Morgan fingerprint density at radius 2 is 1.05 bits per heavy atom. The number of unbranched alkanes of at least 4 members (excludes halogenated alkanes) is 13. The Hall–Kier alpha value is -0.530. The standard InChI is InChI=1S/C18H35NO/c1-3-4-5-6-7-8-9-10-11-12-13-14-15-16-17-19-18(2)20/h2H,3-17H2,1H3,(H,19,20). The van der Waals surface area contributed by atoms with Gasteiger partial charge in [-0.1, -0.05) is 90.4 Å². The Morgan fingerprint density at radius 1 is 0.700 bits per heavy atom. The third kappa shape index (κ3) is 17.5. The van der Waals surface area contributed by atoms with E-state index in [9.17, 15) is 4.79 Å². The first-order valence-corrected chi connectivity index (χ1v) is 8.80. The third-order valence-corrected chi connectivity index (χ3v) is 3.83. The zero-order chi connectivity index (χ0) is 14.9. The molecule has 0 aliphatic heterocycles. The summed E-state index contributed by atoms with van der Waals surface area (Å²) in [7, 11) is 0. The molecule has 0 spiro atoms. The largest absolute Gasteiger partial charge is 0.356 e. The minimum Gasteiger partial charge on any atom is -0.356 e. The van der Waals surface area contributed by atoms with Crippen molar-refractivity contribution >= 4 is 5.91 Å². The molecule has 0 saturated carbocycles. The molecule has 118 valence electrons. The van der Waals surface area contributed by atoms with E-state index in [4.69, 9.17) is 6.92 Å². The Bertz CT molecular complexity index is 204. The first-order valence-electron chi connectivity index (χ1n) is 8.80. The average Bonchev–Trinajstić information content (AvgIpc) is 2.43. The fourth-order valence-corrected chi connectivity index (χ4v) is 2.53. The number of rotatable bonds is 15. The normalized spacial score (nSPS) is 10.7. The Labute approximate surface area is 127 Å². The molecule has 0 aromatic rings. The van der Waals surface area contributed by atoms with Crippen LogP contribution in [0, 0.1) is 6.92 Å². The molecule has 0 saturated heterocycles. The second kappa shape index (κ2) is 16.5. The van der Waals surface area contributed by atoms with Crippen molar-refractivity contribution in [1.29, 1.82) is 0 Å². The van der Waals surface area contributed by atoms with Crippen LogP contribution in [0.2, 0.25) is 0 Å². The molecule has 0 unspecified atom stereocenters. The lowest BCUT2D eigenvalue weighted by Crippen LogP contribution is -2.20. The number of carbonyl (C=O) groups excluding carboxylic acids is 1. The molecule has 0 bridgehead atoms. The SMILES string of the molecule is [CH]C(=O)NCCCCCCCCCCCCCCCC. The van der Waals surface area contributed by atoms with Crippen LogP contribution < -0.4 is 5.32 Å². The van der Waals surface area contributed by atoms with Crippen LogP contribution >= 0.6 is 0 Å². The van der Waals surface area contributed by atoms with Gasteiger partial charge in [-0.25, -0.2) is 0 Å². The second-order valence-electron chi connectivity index (χ2n) is 5.89. The number of carbonyl (C=O) groups is 1. The van der Waals surface area contributed by atoms with Gasteiger partial charge in [-0.2, -0.15) is 0 Å². The topological polar surface area (TPSA) is 29.1 Å². The Morgan fingerprint density at radius 3 is 1.40 bits per heavy atom. The van der Waals surface area contributed by atoms with Crippen molar-refractivity contribution in [1.82, 2.24) is 5.32 Å².